The minimum atomic E-state index is -0.0912. The largest absolute Gasteiger partial charge is 0.493 e. The fourth-order valence-electron chi connectivity index (χ4n) is 5.77. The van der Waals surface area contributed by atoms with Gasteiger partial charge in [0.15, 0.2) is 23.0 Å². The van der Waals surface area contributed by atoms with E-state index in [2.05, 4.69) is 23.1 Å². The quantitative estimate of drug-likeness (QED) is 0.330. The van der Waals surface area contributed by atoms with E-state index in [4.69, 9.17) is 18.9 Å². The van der Waals surface area contributed by atoms with Crippen LogP contribution in [0.5, 0.6) is 23.0 Å². The lowest BCUT2D eigenvalue weighted by Crippen LogP contribution is -2.44. The number of methoxy groups -OCH3 is 2. The maximum atomic E-state index is 13.3. The van der Waals surface area contributed by atoms with Gasteiger partial charge < -0.3 is 28.7 Å². The Balaban J connectivity index is 1.11. The lowest BCUT2D eigenvalue weighted by Gasteiger charge is -2.33. The normalized spacial score (nSPS) is 20.8. The molecule has 10 nitrogen and oxygen atoms in total. The summed E-state index contributed by atoms with van der Waals surface area (Å²) in [4.78, 5) is 39.3. The van der Waals surface area contributed by atoms with Crippen LogP contribution in [0.25, 0.3) is 0 Å². The molecule has 2 saturated heterocycles. The Morgan fingerprint density at radius 3 is 1.86 bits per heavy atom. The number of piperidine rings is 1. The number of carbonyl (C=O) groups is 2. The molecule has 6 rings (SSSR count). The van der Waals surface area contributed by atoms with Gasteiger partial charge in [-0.25, -0.2) is 0 Å². The van der Waals surface area contributed by atoms with Crippen molar-refractivity contribution >= 4 is 35.6 Å². The summed E-state index contributed by atoms with van der Waals surface area (Å²) in [6, 6.07) is 6.75. The molecule has 0 radical (unpaired) electrons. The number of ether oxygens (including phenoxy) is 4. The average Bonchev–Trinajstić information content (AvgIpc) is 3.26. The second kappa shape index (κ2) is 11.3. The van der Waals surface area contributed by atoms with E-state index in [1.54, 1.807) is 49.6 Å². The highest BCUT2D eigenvalue weighted by Gasteiger charge is 2.35. The highest BCUT2D eigenvalue weighted by atomic mass is 16.5. The van der Waals surface area contributed by atoms with Gasteiger partial charge in [-0.15, -0.1) is 0 Å². The molecule has 218 valence electrons. The standard InChI is InChI=1S/C32H34N4O6/c1-19-6-7-21-15-33-25-13-29(27(39-3)11-23(25)31(37)35(21)17-19)41-8-5-9-42-30-14-26-24(12-28(30)40-4)32(38)36-18-20(2)10-22(36)16-34-26/h11-16,21-22H,1-2,5-10,17-18H2,3-4H3/t21?,22-/m0/s1. The van der Waals surface area contributed by atoms with Crippen LogP contribution in [0.3, 0.4) is 0 Å². The molecule has 0 N–H and O–H groups in total. The van der Waals surface area contributed by atoms with Crippen molar-refractivity contribution in [3.05, 3.63) is 59.7 Å². The Bertz CT molecular complexity index is 1530. The molecule has 42 heavy (non-hydrogen) atoms. The molecule has 2 amide bonds. The van der Waals surface area contributed by atoms with Crippen molar-refractivity contribution in [2.24, 2.45) is 9.98 Å². The molecule has 0 spiro atoms. The van der Waals surface area contributed by atoms with Gasteiger partial charge >= 0.3 is 0 Å². The fourth-order valence-corrected chi connectivity index (χ4v) is 5.77. The summed E-state index contributed by atoms with van der Waals surface area (Å²) in [7, 11) is 3.09. The molecule has 0 saturated carbocycles. The average molecular weight is 571 g/mol. The Morgan fingerprint density at radius 2 is 1.29 bits per heavy atom. The van der Waals surface area contributed by atoms with Crippen LogP contribution in [0.2, 0.25) is 0 Å². The molecule has 4 aliphatic rings. The summed E-state index contributed by atoms with van der Waals surface area (Å²) in [6.07, 6.45) is 6.62. The number of benzene rings is 2. The zero-order valence-corrected chi connectivity index (χ0v) is 23.9. The van der Waals surface area contributed by atoms with Gasteiger partial charge in [-0.05, 0) is 31.4 Å². The van der Waals surface area contributed by atoms with Crippen molar-refractivity contribution in [3.63, 3.8) is 0 Å². The summed E-state index contributed by atoms with van der Waals surface area (Å²) in [6.45, 7) is 9.83. The van der Waals surface area contributed by atoms with Gasteiger partial charge in [-0.2, -0.15) is 0 Å². The van der Waals surface area contributed by atoms with Crippen LogP contribution >= 0.6 is 0 Å². The Morgan fingerprint density at radius 1 is 0.762 bits per heavy atom. The summed E-state index contributed by atoms with van der Waals surface area (Å²) in [5.74, 6) is 1.76. The number of fused-ring (bicyclic) bond motifs is 4. The Kier molecular flexibility index (Phi) is 7.45. The third-order valence-corrected chi connectivity index (χ3v) is 8.00. The lowest BCUT2D eigenvalue weighted by atomic mass is 9.99. The van der Waals surface area contributed by atoms with E-state index in [0.29, 0.717) is 78.2 Å². The zero-order valence-electron chi connectivity index (χ0n) is 23.9. The van der Waals surface area contributed by atoms with E-state index in [0.717, 1.165) is 30.4 Å². The molecule has 4 aliphatic heterocycles. The third-order valence-electron chi connectivity index (χ3n) is 8.00. The molecule has 0 bridgehead atoms. The van der Waals surface area contributed by atoms with Gasteiger partial charge in [0.2, 0.25) is 0 Å². The first-order chi connectivity index (χ1) is 20.4. The van der Waals surface area contributed by atoms with Gasteiger partial charge in [0.05, 0.1) is 62.0 Å². The van der Waals surface area contributed by atoms with Gasteiger partial charge in [-0.3, -0.25) is 19.6 Å². The summed E-state index contributed by atoms with van der Waals surface area (Å²) < 4.78 is 23.2. The van der Waals surface area contributed by atoms with Crippen molar-refractivity contribution in [2.75, 3.05) is 40.5 Å². The number of hydrogen-bond acceptors (Lipinski definition) is 8. The molecular weight excluding hydrogens is 536 g/mol. The number of rotatable bonds is 8. The topological polar surface area (TPSA) is 102 Å². The molecule has 2 aromatic carbocycles. The molecule has 2 fully saturated rings. The molecule has 1 unspecified atom stereocenters. The zero-order chi connectivity index (χ0) is 29.4. The predicted molar refractivity (Wildman–Crippen MR) is 160 cm³/mol. The second-order valence-corrected chi connectivity index (χ2v) is 10.9. The van der Waals surface area contributed by atoms with E-state index in [9.17, 15) is 9.59 Å². The van der Waals surface area contributed by atoms with E-state index in [1.165, 1.54) is 0 Å². The van der Waals surface area contributed by atoms with Crippen LogP contribution in [-0.2, 0) is 0 Å². The van der Waals surface area contributed by atoms with E-state index in [-0.39, 0.29) is 23.9 Å². The summed E-state index contributed by atoms with van der Waals surface area (Å²) in [5.41, 5.74) is 4.14. The fraction of sp³-hybridized carbons (Fsp3) is 0.375. The molecule has 10 heteroatoms. The molecule has 2 atom stereocenters. The van der Waals surface area contributed by atoms with E-state index < -0.39 is 0 Å². The lowest BCUT2D eigenvalue weighted by molar-refractivity contribution is 0.0721. The van der Waals surface area contributed by atoms with Gasteiger partial charge in [0.25, 0.3) is 11.8 Å². The molecule has 2 aromatic rings. The predicted octanol–water partition coefficient (Wildman–Crippen LogP) is 4.92. The molecule has 4 heterocycles. The number of carbonyl (C=O) groups excluding carboxylic acids is 2. The Hall–Kier alpha value is -4.60. The van der Waals surface area contributed by atoms with Crippen LogP contribution in [0.4, 0.5) is 11.4 Å². The summed E-state index contributed by atoms with van der Waals surface area (Å²) >= 11 is 0. The van der Waals surface area contributed by atoms with Gasteiger partial charge in [-0.1, -0.05) is 24.3 Å². The van der Waals surface area contributed by atoms with E-state index >= 15 is 0 Å². The first kappa shape index (κ1) is 27.6. The highest BCUT2D eigenvalue weighted by molar-refractivity contribution is 6.04. The van der Waals surface area contributed by atoms with Crippen molar-refractivity contribution in [1.29, 1.82) is 0 Å². The summed E-state index contributed by atoms with van der Waals surface area (Å²) in [5, 5.41) is 0. The van der Waals surface area contributed by atoms with Crippen LogP contribution in [0, 0.1) is 0 Å². The van der Waals surface area contributed by atoms with Crippen molar-refractivity contribution in [3.8, 4) is 23.0 Å². The molecule has 0 aliphatic carbocycles. The van der Waals surface area contributed by atoms with Crippen molar-refractivity contribution < 1.29 is 28.5 Å². The second-order valence-electron chi connectivity index (χ2n) is 10.9. The van der Waals surface area contributed by atoms with Crippen LogP contribution in [-0.4, -0.2) is 86.6 Å². The van der Waals surface area contributed by atoms with Crippen LogP contribution in [0.15, 0.2) is 58.6 Å². The Labute approximate surface area is 244 Å². The number of amides is 2. The number of hydrogen-bond donors (Lipinski definition) is 0. The van der Waals surface area contributed by atoms with Crippen molar-refractivity contribution in [2.45, 2.75) is 37.8 Å². The van der Waals surface area contributed by atoms with Crippen LogP contribution < -0.4 is 18.9 Å². The highest BCUT2D eigenvalue weighted by Crippen LogP contribution is 2.40. The first-order valence-electron chi connectivity index (χ1n) is 14.1. The first-order valence-corrected chi connectivity index (χ1v) is 14.1. The smallest absolute Gasteiger partial charge is 0.257 e. The van der Waals surface area contributed by atoms with Gasteiger partial charge in [0, 0.05) is 44.1 Å². The SMILES string of the molecule is C=C1CCC2C=Nc3cc(OCCCOc4cc5c(cc4OC)C(=O)N4CC(=C)C[C@H]4C=N5)c(OC)cc3C(=O)N2C1. The van der Waals surface area contributed by atoms with Crippen molar-refractivity contribution in [1.82, 2.24) is 9.80 Å². The minimum absolute atomic E-state index is 0.0474. The monoisotopic (exact) mass is 570 g/mol. The molecular formula is C32H34N4O6. The van der Waals surface area contributed by atoms with Crippen LogP contribution in [0.1, 0.15) is 46.4 Å². The van der Waals surface area contributed by atoms with Gasteiger partial charge in [0.1, 0.15) is 0 Å². The minimum Gasteiger partial charge on any atom is -0.493 e. The number of aliphatic imine (C=N–C) groups is 2. The van der Waals surface area contributed by atoms with E-state index in [1.807, 2.05) is 11.1 Å². The molecule has 0 aromatic heterocycles. The third kappa shape index (κ3) is 5.13. The maximum Gasteiger partial charge on any atom is 0.257 e. The maximum absolute atomic E-state index is 13.3. The number of nitrogens with zero attached hydrogens (tertiary/aromatic N) is 4.